The van der Waals surface area contributed by atoms with Crippen LogP contribution in [0.25, 0.3) is 10.9 Å². The molecule has 5 heteroatoms. The minimum Gasteiger partial charge on any atom is -0.299 e. The topological polar surface area (TPSA) is 56.1 Å². The lowest BCUT2D eigenvalue weighted by Crippen LogP contribution is -2.42. The Labute approximate surface area is 154 Å². The lowest BCUT2D eigenvalue weighted by atomic mass is 9.55. The van der Waals surface area contributed by atoms with Crippen LogP contribution < -0.4 is 0 Å². The molecule has 0 amide bonds. The SMILES string of the molecule is C[C@]12CCC3c4cc5ccn(S(C)(=O)=O)c5cc4CCC3C1CCC2=O. The Hall–Kier alpha value is -1.62. The normalized spacial score (nSPS) is 33.8. The van der Waals surface area contributed by atoms with E-state index >= 15 is 0 Å². The summed E-state index contributed by atoms with van der Waals surface area (Å²) in [5.74, 6) is 2.13. The van der Waals surface area contributed by atoms with Crippen LogP contribution in [0.1, 0.15) is 56.1 Å². The Balaban J connectivity index is 1.60. The van der Waals surface area contributed by atoms with Crippen molar-refractivity contribution < 1.29 is 13.2 Å². The molecule has 1 aromatic heterocycles. The Morgan fingerprint density at radius 1 is 1.15 bits per heavy atom. The lowest BCUT2D eigenvalue weighted by Gasteiger charge is -2.48. The van der Waals surface area contributed by atoms with Gasteiger partial charge in [-0.15, -0.1) is 0 Å². The molecule has 138 valence electrons. The number of ketones is 1. The Morgan fingerprint density at radius 2 is 1.96 bits per heavy atom. The van der Waals surface area contributed by atoms with Crippen LogP contribution in [-0.2, 0) is 21.2 Å². The number of nitrogens with zero attached hydrogens (tertiary/aromatic N) is 1. The van der Waals surface area contributed by atoms with Crippen LogP contribution in [0.15, 0.2) is 24.4 Å². The third-order valence-electron chi connectivity index (χ3n) is 7.57. The first-order chi connectivity index (χ1) is 12.3. The van der Waals surface area contributed by atoms with Crippen molar-refractivity contribution in [3.63, 3.8) is 0 Å². The summed E-state index contributed by atoms with van der Waals surface area (Å²) >= 11 is 0. The van der Waals surface area contributed by atoms with Crippen LogP contribution in [0.2, 0.25) is 0 Å². The maximum atomic E-state index is 12.5. The molecule has 3 aliphatic carbocycles. The van der Waals surface area contributed by atoms with Gasteiger partial charge < -0.3 is 0 Å². The zero-order valence-corrected chi connectivity index (χ0v) is 16.2. The molecule has 0 N–H and O–H groups in total. The highest BCUT2D eigenvalue weighted by atomic mass is 32.2. The zero-order valence-electron chi connectivity index (χ0n) is 15.4. The van der Waals surface area contributed by atoms with Gasteiger partial charge in [0.05, 0.1) is 11.8 Å². The van der Waals surface area contributed by atoms with E-state index in [-0.39, 0.29) is 5.41 Å². The zero-order chi connectivity index (χ0) is 18.3. The average Bonchev–Trinajstić information content (AvgIpc) is 3.13. The smallest absolute Gasteiger partial charge is 0.236 e. The standard InChI is InChI=1S/C21H25NO3S/c1-21-9-7-15-16(18(21)5-6-20(21)23)4-3-13-12-19-14(11-17(13)15)8-10-22(19)26(2,24)25/h8,10-12,15-16,18H,3-7,9H2,1-2H3/t15?,16?,18?,21-/m0/s1. The number of hydrogen-bond donors (Lipinski definition) is 0. The van der Waals surface area contributed by atoms with Crippen molar-refractivity contribution in [1.29, 1.82) is 0 Å². The third kappa shape index (κ3) is 2.13. The highest BCUT2D eigenvalue weighted by Gasteiger charge is 2.54. The Bertz CT molecular complexity index is 1030. The van der Waals surface area contributed by atoms with Crippen molar-refractivity contribution in [2.75, 3.05) is 6.26 Å². The van der Waals surface area contributed by atoms with Crippen molar-refractivity contribution in [2.45, 2.75) is 51.4 Å². The molecule has 2 aromatic rings. The van der Waals surface area contributed by atoms with E-state index in [2.05, 4.69) is 19.1 Å². The molecule has 1 heterocycles. The van der Waals surface area contributed by atoms with Gasteiger partial charge in [-0.2, -0.15) is 0 Å². The fraction of sp³-hybridized carbons (Fsp3) is 0.571. The number of Topliss-reactive ketones (excluding diaryl/α,β-unsaturated/α-hetero) is 1. The Kier molecular flexibility index (Phi) is 3.32. The highest BCUT2D eigenvalue weighted by molar-refractivity contribution is 7.89. The molecule has 0 bridgehead atoms. The summed E-state index contributed by atoms with van der Waals surface area (Å²) in [4.78, 5) is 12.5. The van der Waals surface area contributed by atoms with E-state index in [1.165, 1.54) is 21.4 Å². The fourth-order valence-corrected chi connectivity index (χ4v) is 7.04. The van der Waals surface area contributed by atoms with Gasteiger partial charge in [-0.25, -0.2) is 12.4 Å². The number of aryl methyl sites for hydroxylation is 1. The molecular formula is C21H25NO3S. The molecule has 3 aliphatic rings. The predicted molar refractivity (Wildman–Crippen MR) is 102 cm³/mol. The minimum absolute atomic E-state index is 0.0949. The maximum absolute atomic E-state index is 12.5. The van der Waals surface area contributed by atoms with Gasteiger partial charge in [0.1, 0.15) is 5.78 Å². The molecule has 26 heavy (non-hydrogen) atoms. The number of carbonyl (C=O) groups is 1. The fourth-order valence-electron chi connectivity index (χ4n) is 6.24. The molecule has 1 aromatic carbocycles. The average molecular weight is 372 g/mol. The van der Waals surface area contributed by atoms with Crippen molar-refractivity contribution in [3.05, 3.63) is 35.5 Å². The van der Waals surface area contributed by atoms with E-state index < -0.39 is 10.0 Å². The first kappa shape index (κ1) is 16.5. The molecule has 0 radical (unpaired) electrons. The van der Waals surface area contributed by atoms with Crippen molar-refractivity contribution in [3.8, 4) is 0 Å². The van der Waals surface area contributed by atoms with Crippen LogP contribution in [0.3, 0.4) is 0 Å². The van der Waals surface area contributed by atoms with Gasteiger partial charge in [-0.05, 0) is 79.2 Å². The molecule has 2 saturated carbocycles. The second kappa shape index (κ2) is 5.22. The van der Waals surface area contributed by atoms with E-state index in [4.69, 9.17) is 0 Å². The number of rotatable bonds is 1. The summed E-state index contributed by atoms with van der Waals surface area (Å²) in [7, 11) is -3.28. The molecule has 2 fully saturated rings. The van der Waals surface area contributed by atoms with Crippen LogP contribution in [0.5, 0.6) is 0 Å². The van der Waals surface area contributed by atoms with Gasteiger partial charge in [-0.1, -0.05) is 6.92 Å². The number of fused-ring (bicyclic) bond motifs is 6. The summed E-state index contributed by atoms with van der Waals surface area (Å²) in [6.07, 6.45) is 8.91. The summed E-state index contributed by atoms with van der Waals surface area (Å²) in [5.41, 5.74) is 3.40. The first-order valence-electron chi connectivity index (χ1n) is 9.67. The number of benzene rings is 1. The van der Waals surface area contributed by atoms with Gasteiger partial charge in [-0.3, -0.25) is 4.79 Å². The van der Waals surface area contributed by atoms with Gasteiger partial charge >= 0.3 is 0 Å². The third-order valence-corrected chi connectivity index (χ3v) is 8.60. The second-order valence-corrected chi connectivity index (χ2v) is 10.7. The predicted octanol–water partition coefficient (Wildman–Crippen LogP) is 3.87. The molecule has 4 atom stereocenters. The van der Waals surface area contributed by atoms with Gasteiger partial charge in [0.2, 0.25) is 10.0 Å². The highest BCUT2D eigenvalue weighted by Crippen LogP contribution is 2.59. The van der Waals surface area contributed by atoms with Gasteiger partial charge in [0.15, 0.2) is 0 Å². The largest absolute Gasteiger partial charge is 0.299 e. The van der Waals surface area contributed by atoms with Crippen LogP contribution in [0, 0.1) is 17.3 Å². The summed E-state index contributed by atoms with van der Waals surface area (Å²) < 4.78 is 25.4. The van der Waals surface area contributed by atoms with Crippen LogP contribution in [-0.4, -0.2) is 24.4 Å². The van der Waals surface area contributed by atoms with Crippen molar-refractivity contribution in [1.82, 2.24) is 3.97 Å². The lowest BCUT2D eigenvalue weighted by molar-refractivity contribution is -0.129. The van der Waals surface area contributed by atoms with E-state index in [1.807, 2.05) is 6.07 Å². The van der Waals surface area contributed by atoms with E-state index in [0.717, 1.165) is 49.4 Å². The van der Waals surface area contributed by atoms with Crippen LogP contribution in [0.4, 0.5) is 0 Å². The molecule has 3 unspecified atom stereocenters. The maximum Gasteiger partial charge on any atom is 0.236 e. The van der Waals surface area contributed by atoms with Gasteiger partial charge in [0.25, 0.3) is 0 Å². The summed E-state index contributed by atoms with van der Waals surface area (Å²) in [5, 5.41) is 1.01. The monoisotopic (exact) mass is 371 g/mol. The van der Waals surface area contributed by atoms with Crippen LogP contribution >= 0.6 is 0 Å². The number of carbonyl (C=O) groups excluding carboxylic acids is 1. The minimum atomic E-state index is -3.28. The van der Waals surface area contributed by atoms with Gasteiger partial charge in [0, 0.05) is 23.4 Å². The summed E-state index contributed by atoms with van der Waals surface area (Å²) in [6.45, 7) is 2.20. The molecule has 0 spiro atoms. The summed E-state index contributed by atoms with van der Waals surface area (Å²) in [6, 6.07) is 6.23. The molecule has 0 saturated heterocycles. The Morgan fingerprint density at radius 3 is 2.73 bits per heavy atom. The quantitative estimate of drug-likeness (QED) is 0.764. The molecule has 5 rings (SSSR count). The second-order valence-electron chi connectivity index (χ2n) is 8.82. The molecule has 0 aliphatic heterocycles. The molecular weight excluding hydrogens is 346 g/mol. The van der Waals surface area contributed by atoms with E-state index in [0.29, 0.717) is 23.5 Å². The first-order valence-corrected chi connectivity index (χ1v) is 11.5. The van der Waals surface area contributed by atoms with E-state index in [1.54, 1.807) is 6.20 Å². The van der Waals surface area contributed by atoms with E-state index in [9.17, 15) is 13.2 Å². The van der Waals surface area contributed by atoms with Crippen molar-refractivity contribution in [2.24, 2.45) is 17.3 Å². The molecule has 4 nitrogen and oxygen atoms in total. The van der Waals surface area contributed by atoms with Crippen molar-refractivity contribution >= 4 is 26.7 Å². The number of aromatic nitrogens is 1. The number of hydrogen-bond acceptors (Lipinski definition) is 3.